The van der Waals surface area contributed by atoms with E-state index < -0.39 is 14.9 Å². The van der Waals surface area contributed by atoms with E-state index in [9.17, 15) is 23.3 Å². The number of sulfonamides is 1. The average molecular weight is 341 g/mol. The van der Waals surface area contributed by atoms with E-state index in [0.29, 0.717) is 19.5 Å². The van der Waals surface area contributed by atoms with Gasteiger partial charge in [0.05, 0.1) is 9.82 Å². The van der Waals surface area contributed by atoms with Gasteiger partial charge in [-0.25, -0.2) is 8.42 Å². The molecule has 1 saturated heterocycles. The highest BCUT2D eigenvalue weighted by Gasteiger charge is 2.30. The van der Waals surface area contributed by atoms with E-state index in [1.54, 1.807) is 4.90 Å². The lowest BCUT2D eigenvalue weighted by atomic mass is 10.2. The Morgan fingerprint density at radius 1 is 1.26 bits per heavy atom. The average Bonchev–Trinajstić information content (AvgIpc) is 2.55. The van der Waals surface area contributed by atoms with Crippen molar-refractivity contribution in [3.05, 3.63) is 34.4 Å². The number of rotatable bonds is 5. The molecule has 0 N–H and O–H groups in total. The Morgan fingerprint density at radius 3 is 2.48 bits per heavy atom. The molecule has 0 radical (unpaired) electrons. The highest BCUT2D eigenvalue weighted by molar-refractivity contribution is 7.89. The van der Waals surface area contributed by atoms with Gasteiger partial charge in [-0.3, -0.25) is 14.9 Å². The predicted molar refractivity (Wildman–Crippen MR) is 83.3 cm³/mol. The van der Waals surface area contributed by atoms with Gasteiger partial charge in [-0.15, -0.1) is 0 Å². The van der Waals surface area contributed by atoms with Crippen LogP contribution in [0.2, 0.25) is 0 Å². The number of benzene rings is 1. The Labute approximate surface area is 134 Å². The van der Waals surface area contributed by atoms with Crippen molar-refractivity contribution in [3.8, 4) is 0 Å². The summed E-state index contributed by atoms with van der Waals surface area (Å²) in [5, 5.41) is 10.8. The van der Waals surface area contributed by atoms with Gasteiger partial charge in [-0.05, 0) is 12.5 Å². The molecule has 1 aliphatic heterocycles. The van der Waals surface area contributed by atoms with Gasteiger partial charge >= 0.3 is 0 Å². The van der Waals surface area contributed by atoms with Crippen LogP contribution in [0.3, 0.4) is 0 Å². The fraction of sp³-hybridized carbons (Fsp3) is 0.500. The Bertz CT molecular complexity index is 696. The smallest absolute Gasteiger partial charge is 0.270 e. The zero-order chi connectivity index (χ0) is 17.0. The van der Waals surface area contributed by atoms with E-state index in [0.717, 1.165) is 12.5 Å². The lowest BCUT2D eigenvalue weighted by molar-refractivity contribution is -0.385. The minimum Gasteiger partial charge on any atom is -0.340 e. The SMILES string of the molecule is CCCC(=O)N1CCN(S(=O)(=O)c2cccc([N+](=O)[O-])c2)CC1. The van der Waals surface area contributed by atoms with Gasteiger partial charge in [-0.2, -0.15) is 4.31 Å². The van der Waals surface area contributed by atoms with Crippen LogP contribution in [0.25, 0.3) is 0 Å². The summed E-state index contributed by atoms with van der Waals surface area (Å²) in [6.45, 7) is 2.99. The Hall–Kier alpha value is -2.00. The first-order valence-electron chi connectivity index (χ1n) is 7.38. The summed E-state index contributed by atoms with van der Waals surface area (Å²) < 4.78 is 26.4. The molecule has 1 aliphatic rings. The van der Waals surface area contributed by atoms with E-state index >= 15 is 0 Å². The predicted octanol–water partition coefficient (Wildman–Crippen LogP) is 1.23. The van der Waals surface area contributed by atoms with Gasteiger partial charge in [0.1, 0.15) is 0 Å². The molecule has 0 aromatic heterocycles. The molecular formula is C14H19N3O5S. The lowest BCUT2D eigenvalue weighted by Gasteiger charge is -2.34. The van der Waals surface area contributed by atoms with Crippen molar-refractivity contribution >= 4 is 21.6 Å². The summed E-state index contributed by atoms with van der Waals surface area (Å²) in [5.41, 5.74) is -0.261. The Kier molecular flexibility index (Phi) is 5.32. The molecule has 2 rings (SSSR count). The molecule has 8 nitrogen and oxygen atoms in total. The monoisotopic (exact) mass is 341 g/mol. The maximum Gasteiger partial charge on any atom is 0.270 e. The maximum atomic E-state index is 12.6. The van der Waals surface area contributed by atoms with Crippen LogP contribution in [0.1, 0.15) is 19.8 Å². The molecule has 1 heterocycles. The van der Waals surface area contributed by atoms with Crippen LogP contribution in [0.5, 0.6) is 0 Å². The fourth-order valence-corrected chi connectivity index (χ4v) is 3.92. The van der Waals surface area contributed by atoms with Crippen LogP contribution >= 0.6 is 0 Å². The van der Waals surface area contributed by atoms with Crippen LogP contribution in [-0.2, 0) is 14.8 Å². The van der Waals surface area contributed by atoms with Crippen LogP contribution in [0.15, 0.2) is 29.2 Å². The van der Waals surface area contributed by atoms with Gasteiger partial charge in [0.2, 0.25) is 15.9 Å². The van der Waals surface area contributed by atoms with Crippen molar-refractivity contribution in [2.24, 2.45) is 0 Å². The van der Waals surface area contributed by atoms with Crippen molar-refractivity contribution in [3.63, 3.8) is 0 Å². The highest BCUT2D eigenvalue weighted by Crippen LogP contribution is 2.22. The lowest BCUT2D eigenvalue weighted by Crippen LogP contribution is -2.50. The second-order valence-corrected chi connectivity index (χ2v) is 7.23. The summed E-state index contributed by atoms with van der Waals surface area (Å²) in [6, 6.07) is 5.01. The zero-order valence-electron chi connectivity index (χ0n) is 12.8. The highest BCUT2D eigenvalue weighted by atomic mass is 32.2. The second kappa shape index (κ2) is 7.05. The van der Waals surface area contributed by atoms with E-state index in [-0.39, 0.29) is 29.6 Å². The molecule has 0 atom stereocenters. The van der Waals surface area contributed by atoms with E-state index in [1.165, 1.54) is 22.5 Å². The molecule has 126 valence electrons. The van der Waals surface area contributed by atoms with Crippen molar-refractivity contribution in [2.45, 2.75) is 24.7 Å². The van der Waals surface area contributed by atoms with Crippen molar-refractivity contribution in [2.75, 3.05) is 26.2 Å². The topological polar surface area (TPSA) is 101 Å². The number of hydrogen-bond donors (Lipinski definition) is 0. The molecule has 0 spiro atoms. The first-order chi connectivity index (χ1) is 10.9. The number of nitro groups is 1. The Morgan fingerprint density at radius 2 is 1.91 bits per heavy atom. The number of nitrogens with zero attached hydrogens (tertiary/aromatic N) is 3. The molecule has 1 aromatic carbocycles. The van der Waals surface area contributed by atoms with E-state index in [1.807, 2.05) is 6.92 Å². The third-order valence-electron chi connectivity index (χ3n) is 3.72. The van der Waals surface area contributed by atoms with Gasteiger partial charge in [-0.1, -0.05) is 13.0 Å². The largest absolute Gasteiger partial charge is 0.340 e. The summed E-state index contributed by atoms with van der Waals surface area (Å²) in [7, 11) is -3.79. The number of amides is 1. The first-order valence-corrected chi connectivity index (χ1v) is 8.82. The van der Waals surface area contributed by atoms with Crippen LogP contribution in [0.4, 0.5) is 5.69 Å². The van der Waals surface area contributed by atoms with Crippen LogP contribution in [-0.4, -0.2) is 54.6 Å². The number of carbonyl (C=O) groups excluding carboxylic acids is 1. The van der Waals surface area contributed by atoms with Gasteiger partial charge in [0, 0.05) is 44.7 Å². The quantitative estimate of drug-likeness (QED) is 0.592. The normalized spacial score (nSPS) is 16.3. The molecule has 9 heteroatoms. The van der Waals surface area contributed by atoms with Crippen molar-refractivity contribution in [1.82, 2.24) is 9.21 Å². The van der Waals surface area contributed by atoms with Crippen LogP contribution in [0, 0.1) is 10.1 Å². The fourth-order valence-electron chi connectivity index (χ4n) is 2.46. The number of carbonyl (C=O) groups is 1. The Balaban J connectivity index is 2.12. The molecule has 0 unspecified atom stereocenters. The maximum absolute atomic E-state index is 12.6. The third kappa shape index (κ3) is 3.85. The number of hydrogen-bond acceptors (Lipinski definition) is 5. The van der Waals surface area contributed by atoms with Crippen LogP contribution < -0.4 is 0 Å². The molecule has 1 amide bonds. The first kappa shape index (κ1) is 17.4. The van der Waals surface area contributed by atoms with E-state index in [2.05, 4.69) is 0 Å². The summed E-state index contributed by atoms with van der Waals surface area (Å²) in [4.78, 5) is 23.5. The van der Waals surface area contributed by atoms with Gasteiger partial charge < -0.3 is 4.90 Å². The van der Waals surface area contributed by atoms with Crippen molar-refractivity contribution in [1.29, 1.82) is 0 Å². The number of non-ortho nitro benzene ring substituents is 1. The summed E-state index contributed by atoms with van der Waals surface area (Å²) in [5.74, 6) is 0.0277. The molecule has 0 saturated carbocycles. The van der Waals surface area contributed by atoms with Crippen molar-refractivity contribution < 1.29 is 18.1 Å². The standard InChI is InChI=1S/C14H19N3O5S/c1-2-4-14(18)15-7-9-16(10-8-15)23(21,22)13-6-3-5-12(11-13)17(19)20/h3,5-6,11H,2,4,7-10H2,1H3. The van der Waals surface area contributed by atoms with E-state index in [4.69, 9.17) is 0 Å². The molecule has 0 bridgehead atoms. The summed E-state index contributed by atoms with van der Waals surface area (Å²) >= 11 is 0. The molecular weight excluding hydrogens is 322 g/mol. The van der Waals surface area contributed by atoms with Gasteiger partial charge in [0.15, 0.2) is 0 Å². The zero-order valence-corrected chi connectivity index (χ0v) is 13.7. The molecule has 23 heavy (non-hydrogen) atoms. The molecule has 1 aromatic rings. The number of nitro benzene ring substituents is 1. The second-order valence-electron chi connectivity index (χ2n) is 5.29. The molecule has 1 fully saturated rings. The third-order valence-corrected chi connectivity index (χ3v) is 5.62. The molecule has 0 aliphatic carbocycles. The number of piperazine rings is 1. The van der Waals surface area contributed by atoms with Gasteiger partial charge in [0.25, 0.3) is 5.69 Å². The minimum absolute atomic E-state index is 0.0277. The summed E-state index contributed by atoms with van der Waals surface area (Å²) in [6.07, 6.45) is 1.21. The minimum atomic E-state index is -3.79.